The van der Waals surface area contributed by atoms with E-state index in [0.717, 1.165) is 44.7 Å². The Labute approximate surface area is 229 Å². The number of hydrogen-bond acceptors (Lipinski definition) is 5. The maximum absolute atomic E-state index is 13.8. The molecule has 1 amide bonds. The first-order chi connectivity index (χ1) is 18.8. The third-order valence-electron chi connectivity index (χ3n) is 6.78. The second-order valence-electron chi connectivity index (χ2n) is 9.76. The first-order valence-electron chi connectivity index (χ1n) is 12.8. The van der Waals surface area contributed by atoms with Crippen LogP contribution in [0.1, 0.15) is 33.3 Å². The van der Waals surface area contributed by atoms with Crippen molar-refractivity contribution in [2.75, 3.05) is 6.54 Å². The van der Waals surface area contributed by atoms with Crippen molar-refractivity contribution < 1.29 is 18.7 Å². The van der Waals surface area contributed by atoms with Gasteiger partial charge in [-0.25, -0.2) is 13.8 Å². The van der Waals surface area contributed by atoms with Crippen molar-refractivity contribution in [1.82, 2.24) is 9.88 Å². The molecule has 0 radical (unpaired) electrons. The number of aryl methyl sites for hydroxylation is 1. The number of thiophene rings is 1. The largest absolute Gasteiger partial charge is 0.390 e. The van der Waals surface area contributed by atoms with Crippen molar-refractivity contribution in [3.63, 3.8) is 0 Å². The summed E-state index contributed by atoms with van der Waals surface area (Å²) in [6.45, 7) is 2.29. The smallest absolute Gasteiger partial charge is 0.264 e. The number of nitrogens with two attached hydrogens (primary N) is 1. The van der Waals surface area contributed by atoms with E-state index in [-0.39, 0.29) is 25.4 Å². The number of para-hydroxylation sites is 1. The zero-order valence-electron chi connectivity index (χ0n) is 21.5. The fraction of sp³-hybridized carbons (Fsp3) is 0.226. The number of benzene rings is 3. The third-order valence-corrected chi connectivity index (χ3v) is 7.81. The highest BCUT2D eigenvalue weighted by Gasteiger charge is 2.25. The van der Waals surface area contributed by atoms with Gasteiger partial charge in [-0.2, -0.15) is 0 Å². The number of carbonyl (C=O) groups excluding carboxylic acids is 1. The van der Waals surface area contributed by atoms with Crippen LogP contribution in [-0.2, 0) is 19.4 Å². The number of nitrogens with zero attached hydrogens (tertiary/aromatic N) is 2. The van der Waals surface area contributed by atoms with Gasteiger partial charge in [0, 0.05) is 36.0 Å². The first kappa shape index (κ1) is 26.9. The normalized spacial score (nSPS) is 13.1. The van der Waals surface area contributed by atoms with Gasteiger partial charge in [0.25, 0.3) is 5.91 Å². The van der Waals surface area contributed by atoms with Crippen molar-refractivity contribution >= 4 is 38.4 Å². The van der Waals surface area contributed by atoms with Crippen LogP contribution >= 0.6 is 11.3 Å². The standard InChI is InChI=1S/C31H29F2N3O2S/c1-2-19-6-5-7-20(10-19)17-36(18-28(37)26(34)13-21-11-24(32)16-25(33)12-21)31(38)29-15-23-14-22-8-3-4-9-27(22)35-30(23)39-29/h3-12,14-16,26,28,37H,2,13,17-18,34H2,1H3/t26-,28+/m0/s1. The number of carbonyl (C=O) groups is 1. The van der Waals surface area contributed by atoms with E-state index in [1.807, 2.05) is 60.7 Å². The number of aromatic nitrogens is 1. The van der Waals surface area contributed by atoms with Crippen LogP contribution in [0.3, 0.4) is 0 Å². The van der Waals surface area contributed by atoms with Gasteiger partial charge in [-0.05, 0) is 59.9 Å². The number of aliphatic hydroxyl groups is 1. The topological polar surface area (TPSA) is 79.5 Å². The van der Waals surface area contributed by atoms with E-state index in [4.69, 9.17) is 10.7 Å². The van der Waals surface area contributed by atoms with Crippen molar-refractivity contribution in [3.05, 3.63) is 112 Å². The number of rotatable bonds is 9. The highest BCUT2D eigenvalue weighted by molar-refractivity contribution is 7.20. The number of fused-ring (bicyclic) bond motifs is 2. The second kappa shape index (κ2) is 11.6. The number of amides is 1. The molecule has 0 saturated heterocycles. The van der Waals surface area contributed by atoms with Crippen molar-refractivity contribution in [2.45, 2.75) is 38.5 Å². The number of hydrogen-bond donors (Lipinski definition) is 2. The number of aliphatic hydroxyl groups excluding tert-OH is 1. The van der Waals surface area contributed by atoms with Gasteiger partial charge >= 0.3 is 0 Å². The van der Waals surface area contributed by atoms with Gasteiger partial charge in [0.05, 0.1) is 16.5 Å². The van der Waals surface area contributed by atoms with Crippen LogP contribution in [0.25, 0.3) is 21.1 Å². The van der Waals surface area contributed by atoms with E-state index in [0.29, 0.717) is 10.4 Å². The van der Waals surface area contributed by atoms with Crippen molar-refractivity contribution in [2.24, 2.45) is 5.73 Å². The van der Waals surface area contributed by atoms with Crippen LogP contribution in [0.2, 0.25) is 0 Å². The molecule has 0 bridgehead atoms. The Hall–Kier alpha value is -3.72. The van der Waals surface area contributed by atoms with Gasteiger partial charge in [0.1, 0.15) is 16.5 Å². The van der Waals surface area contributed by atoms with E-state index >= 15 is 0 Å². The molecule has 200 valence electrons. The van der Waals surface area contributed by atoms with E-state index < -0.39 is 23.8 Å². The van der Waals surface area contributed by atoms with Gasteiger partial charge in [0.15, 0.2) is 0 Å². The molecule has 5 aromatic rings. The minimum Gasteiger partial charge on any atom is -0.390 e. The van der Waals surface area contributed by atoms with Crippen LogP contribution in [0, 0.1) is 11.6 Å². The summed E-state index contributed by atoms with van der Waals surface area (Å²) in [5.74, 6) is -1.65. The molecule has 3 aromatic carbocycles. The molecule has 0 unspecified atom stereocenters. The molecule has 0 aliphatic heterocycles. The average molecular weight is 546 g/mol. The zero-order chi connectivity index (χ0) is 27.5. The Morgan fingerprint density at radius 3 is 2.46 bits per heavy atom. The van der Waals surface area contributed by atoms with Crippen molar-refractivity contribution in [3.8, 4) is 0 Å². The third kappa shape index (κ3) is 6.30. The summed E-state index contributed by atoms with van der Waals surface area (Å²) in [4.78, 5) is 21.4. The van der Waals surface area contributed by atoms with Crippen LogP contribution in [-0.4, -0.2) is 39.6 Å². The molecule has 39 heavy (non-hydrogen) atoms. The Morgan fingerprint density at radius 2 is 1.69 bits per heavy atom. The Balaban J connectivity index is 1.42. The minimum absolute atomic E-state index is 0.0438. The molecule has 0 saturated carbocycles. The molecule has 3 N–H and O–H groups in total. The lowest BCUT2D eigenvalue weighted by Crippen LogP contribution is -2.46. The second-order valence-corrected chi connectivity index (χ2v) is 10.8. The van der Waals surface area contributed by atoms with E-state index in [1.54, 1.807) is 4.90 Å². The fourth-order valence-corrected chi connectivity index (χ4v) is 5.71. The first-order valence-corrected chi connectivity index (χ1v) is 13.7. The molecule has 2 aromatic heterocycles. The van der Waals surface area contributed by atoms with Crippen LogP contribution in [0.5, 0.6) is 0 Å². The van der Waals surface area contributed by atoms with Crippen LogP contribution < -0.4 is 5.73 Å². The van der Waals surface area contributed by atoms with Gasteiger partial charge in [0.2, 0.25) is 0 Å². The Kier molecular flexibility index (Phi) is 7.97. The maximum Gasteiger partial charge on any atom is 0.264 e. The molecule has 8 heteroatoms. The summed E-state index contributed by atoms with van der Waals surface area (Å²) >= 11 is 1.31. The molecular formula is C31H29F2N3O2S. The Morgan fingerprint density at radius 1 is 0.949 bits per heavy atom. The summed E-state index contributed by atoms with van der Waals surface area (Å²) in [5.41, 5.74) is 9.52. The van der Waals surface area contributed by atoms with E-state index in [2.05, 4.69) is 6.92 Å². The molecule has 5 nitrogen and oxygen atoms in total. The lowest BCUT2D eigenvalue weighted by Gasteiger charge is -2.28. The maximum atomic E-state index is 13.8. The number of pyridine rings is 1. The van der Waals surface area contributed by atoms with E-state index in [1.165, 1.54) is 23.5 Å². The lowest BCUT2D eigenvalue weighted by molar-refractivity contribution is 0.0558. The summed E-state index contributed by atoms with van der Waals surface area (Å²) in [5, 5.41) is 12.9. The molecule has 5 rings (SSSR count). The highest BCUT2D eigenvalue weighted by Crippen LogP contribution is 2.29. The van der Waals surface area contributed by atoms with Crippen LogP contribution in [0.4, 0.5) is 8.78 Å². The predicted molar refractivity (Wildman–Crippen MR) is 152 cm³/mol. The number of halogens is 2. The van der Waals surface area contributed by atoms with Crippen molar-refractivity contribution in [1.29, 1.82) is 0 Å². The quantitative estimate of drug-likeness (QED) is 0.243. The predicted octanol–water partition coefficient (Wildman–Crippen LogP) is 5.86. The molecule has 0 fully saturated rings. The van der Waals surface area contributed by atoms with E-state index in [9.17, 15) is 18.7 Å². The SMILES string of the molecule is CCc1cccc(CN(C[C@@H](O)[C@@H](N)Cc2cc(F)cc(F)c2)C(=O)c2cc3cc4ccccc4nc3s2)c1. The average Bonchev–Trinajstić information content (AvgIpc) is 3.33. The molecule has 2 atom stereocenters. The van der Waals surface area contributed by atoms with Gasteiger partial charge < -0.3 is 15.7 Å². The Bertz CT molecular complexity index is 1560. The molecule has 0 spiro atoms. The highest BCUT2D eigenvalue weighted by atomic mass is 32.1. The summed E-state index contributed by atoms with van der Waals surface area (Å²) in [6.07, 6.45) is -0.206. The summed E-state index contributed by atoms with van der Waals surface area (Å²) < 4.78 is 27.3. The summed E-state index contributed by atoms with van der Waals surface area (Å²) in [7, 11) is 0. The minimum atomic E-state index is -1.12. The fourth-order valence-electron chi connectivity index (χ4n) is 4.72. The van der Waals surface area contributed by atoms with Gasteiger partial charge in [-0.3, -0.25) is 4.79 Å². The molecule has 0 aliphatic carbocycles. The lowest BCUT2D eigenvalue weighted by atomic mass is 10.0. The molecule has 2 heterocycles. The van der Waals surface area contributed by atoms with Gasteiger partial charge in [-0.15, -0.1) is 11.3 Å². The summed E-state index contributed by atoms with van der Waals surface area (Å²) in [6, 6.07) is 22.0. The molecule has 0 aliphatic rings. The monoisotopic (exact) mass is 545 g/mol. The van der Waals surface area contributed by atoms with Gasteiger partial charge in [-0.1, -0.05) is 49.4 Å². The molecular weight excluding hydrogens is 516 g/mol. The zero-order valence-corrected chi connectivity index (χ0v) is 22.3. The van der Waals surface area contributed by atoms with Crippen LogP contribution in [0.15, 0.2) is 78.9 Å².